The number of amides is 1. The number of anilines is 1. The van der Waals surface area contributed by atoms with Gasteiger partial charge in [0.25, 0.3) is 0 Å². The zero-order valence-corrected chi connectivity index (χ0v) is 18.3. The maximum absolute atomic E-state index is 12.2. The Balaban J connectivity index is 1.57. The van der Waals surface area contributed by atoms with Crippen LogP contribution >= 0.6 is 35.0 Å². The summed E-state index contributed by atoms with van der Waals surface area (Å²) in [6.07, 6.45) is 0. The lowest BCUT2D eigenvalue weighted by molar-refractivity contribution is -0.113. The summed E-state index contributed by atoms with van der Waals surface area (Å²) in [5.74, 6) is 1.51. The monoisotopic (exact) mass is 450 g/mol. The third-order valence-electron chi connectivity index (χ3n) is 4.03. The quantitative estimate of drug-likeness (QED) is 0.476. The van der Waals surface area contributed by atoms with Gasteiger partial charge in [-0.3, -0.25) is 4.79 Å². The van der Waals surface area contributed by atoms with E-state index >= 15 is 0 Å². The number of benzene rings is 2. The summed E-state index contributed by atoms with van der Waals surface area (Å²) in [4.78, 5) is 12.2. The fraction of sp³-hybridized carbons (Fsp3) is 0.250. The van der Waals surface area contributed by atoms with E-state index < -0.39 is 0 Å². The number of hydrogen-bond acceptors (Lipinski definition) is 5. The van der Waals surface area contributed by atoms with Crippen molar-refractivity contribution in [3.05, 3.63) is 63.9 Å². The Labute approximate surface area is 183 Å². The summed E-state index contributed by atoms with van der Waals surface area (Å²) in [6.45, 7) is 5.01. The van der Waals surface area contributed by atoms with E-state index in [1.165, 1.54) is 17.3 Å². The second-order valence-electron chi connectivity index (χ2n) is 6.21. The van der Waals surface area contributed by atoms with E-state index in [1.54, 1.807) is 18.2 Å². The molecule has 0 radical (unpaired) electrons. The lowest BCUT2D eigenvalue weighted by Crippen LogP contribution is -2.15. The smallest absolute Gasteiger partial charge is 0.234 e. The summed E-state index contributed by atoms with van der Waals surface area (Å²) in [7, 11) is 0. The number of rotatable bonds is 8. The Kier molecular flexibility index (Phi) is 7.41. The molecule has 2 aromatic carbocycles. The number of aryl methyl sites for hydroxylation is 1. The summed E-state index contributed by atoms with van der Waals surface area (Å²) >= 11 is 13.2. The SMILES string of the molecule is CCn1c(COc2ccc(C)cc2)nnc1SCC(=O)Nc1ccc(Cl)c(Cl)c1. The fourth-order valence-electron chi connectivity index (χ4n) is 2.53. The molecule has 29 heavy (non-hydrogen) atoms. The van der Waals surface area contributed by atoms with Crippen molar-refractivity contribution < 1.29 is 9.53 Å². The van der Waals surface area contributed by atoms with Crippen LogP contribution in [0.5, 0.6) is 5.75 Å². The van der Waals surface area contributed by atoms with Crippen LogP contribution < -0.4 is 10.1 Å². The molecule has 6 nitrogen and oxygen atoms in total. The van der Waals surface area contributed by atoms with Crippen LogP contribution in [0.2, 0.25) is 10.0 Å². The van der Waals surface area contributed by atoms with Gasteiger partial charge in [-0.15, -0.1) is 10.2 Å². The topological polar surface area (TPSA) is 69.0 Å². The molecule has 3 aromatic rings. The number of thioether (sulfide) groups is 1. The summed E-state index contributed by atoms with van der Waals surface area (Å²) in [5.41, 5.74) is 1.76. The molecule has 0 saturated carbocycles. The first kappa shape index (κ1) is 21.5. The van der Waals surface area contributed by atoms with E-state index in [0.29, 0.717) is 39.9 Å². The Hall–Kier alpha value is -2.22. The summed E-state index contributed by atoms with van der Waals surface area (Å²) in [6, 6.07) is 12.8. The van der Waals surface area contributed by atoms with E-state index in [9.17, 15) is 4.79 Å². The molecule has 0 aliphatic heterocycles. The molecule has 1 heterocycles. The number of carbonyl (C=O) groups excluding carboxylic acids is 1. The number of carbonyl (C=O) groups is 1. The zero-order valence-electron chi connectivity index (χ0n) is 16.0. The molecule has 0 aliphatic rings. The minimum atomic E-state index is -0.170. The average Bonchev–Trinajstić information content (AvgIpc) is 3.10. The Morgan fingerprint density at radius 2 is 1.90 bits per heavy atom. The number of ether oxygens (including phenoxy) is 1. The third-order valence-corrected chi connectivity index (χ3v) is 5.74. The van der Waals surface area contributed by atoms with E-state index in [4.69, 9.17) is 27.9 Å². The van der Waals surface area contributed by atoms with Crippen molar-refractivity contribution in [1.29, 1.82) is 0 Å². The average molecular weight is 451 g/mol. The highest BCUT2D eigenvalue weighted by Crippen LogP contribution is 2.25. The van der Waals surface area contributed by atoms with Gasteiger partial charge < -0.3 is 14.6 Å². The minimum absolute atomic E-state index is 0.170. The maximum atomic E-state index is 12.2. The van der Waals surface area contributed by atoms with Crippen LogP contribution in [0.3, 0.4) is 0 Å². The maximum Gasteiger partial charge on any atom is 0.234 e. The molecule has 0 unspecified atom stereocenters. The molecule has 0 fully saturated rings. The molecule has 0 atom stereocenters. The van der Waals surface area contributed by atoms with Gasteiger partial charge in [-0.1, -0.05) is 52.7 Å². The van der Waals surface area contributed by atoms with Gasteiger partial charge in [0.05, 0.1) is 15.8 Å². The normalized spacial score (nSPS) is 10.8. The highest BCUT2D eigenvalue weighted by molar-refractivity contribution is 7.99. The van der Waals surface area contributed by atoms with Crippen LogP contribution in [-0.2, 0) is 17.9 Å². The summed E-state index contributed by atoms with van der Waals surface area (Å²) in [5, 5.41) is 12.7. The molecule has 0 spiro atoms. The Bertz CT molecular complexity index is 993. The van der Waals surface area contributed by atoms with Crippen LogP contribution in [-0.4, -0.2) is 26.4 Å². The molecule has 1 N–H and O–H groups in total. The van der Waals surface area contributed by atoms with Crippen molar-refractivity contribution in [1.82, 2.24) is 14.8 Å². The van der Waals surface area contributed by atoms with E-state index in [-0.39, 0.29) is 11.7 Å². The van der Waals surface area contributed by atoms with Crippen molar-refractivity contribution in [3.8, 4) is 5.75 Å². The second-order valence-corrected chi connectivity index (χ2v) is 7.97. The lowest BCUT2D eigenvalue weighted by atomic mass is 10.2. The van der Waals surface area contributed by atoms with Crippen LogP contribution in [0, 0.1) is 6.92 Å². The van der Waals surface area contributed by atoms with E-state index in [0.717, 1.165) is 5.75 Å². The molecule has 0 saturated heterocycles. The Morgan fingerprint density at radius 3 is 2.59 bits per heavy atom. The Morgan fingerprint density at radius 1 is 1.14 bits per heavy atom. The van der Waals surface area contributed by atoms with Gasteiger partial charge in [0.15, 0.2) is 11.0 Å². The molecule has 3 rings (SSSR count). The van der Waals surface area contributed by atoms with Crippen LogP contribution in [0.15, 0.2) is 47.6 Å². The van der Waals surface area contributed by atoms with Gasteiger partial charge in [0, 0.05) is 12.2 Å². The number of nitrogens with zero attached hydrogens (tertiary/aromatic N) is 3. The first-order valence-corrected chi connectivity index (χ1v) is 10.7. The predicted octanol–water partition coefficient (Wildman–Crippen LogP) is 5.22. The first-order valence-electron chi connectivity index (χ1n) is 8.95. The highest BCUT2D eigenvalue weighted by atomic mass is 35.5. The van der Waals surface area contributed by atoms with Crippen molar-refractivity contribution in [2.45, 2.75) is 32.2 Å². The largest absolute Gasteiger partial charge is 0.486 e. The number of halogens is 2. The number of hydrogen-bond donors (Lipinski definition) is 1. The first-order chi connectivity index (χ1) is 14.0. The van der Waals surface area contributed by atoms with Crippen molar-refractivity contribution in [3.63, 3.8) is 0 Å². The minimum Gasteiger partial charge on any atom is -0.486 e. The number of aromatic nitrogens is 3. The molecule has 0 aliphatic carbocycles. The van der Waals surface area contributed by atoms with Gasteiger partial charge in [0.2, 0.25) is 5.91 Å². The fourth-order valence-corrected chi connectivity index (χ4v) is 3.65. The molecule has 1 amide bonds. The van der Waals surface area contributed by atoms with Crippen molar-refractivity contribution >= 4 is 46.6 Å². The summed E-state index contributed by atoms with van der Waals surface area (Å²) < 4.78 is 7.73. The highest BCUT2D eigenvalue weighted by Gasteiger charge is 2.14. The number of nitrogens with one attached hydrogen (secondary N) is 1. The second kappa shape index (κ2) is 10.0. The van der Waals surface area contributed by atoms with Crippen molar-refractivity contribution in [2.75, 3.05) is 11.1 Å². The van der Waals surface area contributed by atoms with Crippen LogP contribution in [0.4, 0.5) is 5.69 Å². The molecule has 1 aromatic heterocycles. The molecule has 152 valence electrons. The molecular weight excluding hydrogens is 431 g/mol. The van der Waals surface area contributed by atoms with Gasteiger partial charge in [-0.05, 0) is 44.2 Å². The predicted molar refractivity (Wildman–Crippen MR) is 117 cm³/mol. The van der Waals surface area contributed by atoms with Gasteiger partial charge in [0.1, 0.15) is 12.4 Å². The van der Waals surface area contributed by atoms with E-state index in [1.807, 2.05) is 42.7 Å². The van der Waals surface area contributed by atoms with Crippen LogP contribution in [0.25, 0.3) is 0 Å². The van der Waals surface area contributed by atoms with Gasteiger partial charge in [-0.2, -0.15) is 0 Å². The van der Waals surface area contributed by atoms with E-state index in [2.05, 4.69) is 15.5 Å². The van der Waals surface area contributed by atoms with Gasteiger partial charge >= 0.3 is 0 Å². The third kappa shape index (κ3) is 5.88. The van der Waals surface area contributed by atoms with Gasteiger partial charge in [-0.25, -0.2) is 0 Å². The standard InChI is InChI=1S/C20H20Cl2N4O2S/c1-3-26-18(11-28-15-7-4-13(2)5-8-15)24-25-20(26)29-12-19(27)23-14-6-9-16(21)17(22)10-14/h4-10H,3,11-12H2,1-2H3,(H,23,27). The molecule has 9 heteroatoms. The van der Waals surface area contributed by atoms with Crippen LogP contribution in [0.1, 0.15) is 18.3 Å². The van der Waals surface area contributed by atoms with Crippen molar-refractivity contribution in [2.24, 2.45) is 0 Å². The lowest BCUT2D eigenvalue weighted by Gasteiger charge is -2.09. The molecule has 0 bridgehead atoms. The molecular formula is C20H20Cl2N4O2S. The zero-order chi connectivity index (χ0) is 20.8.